The summed E-state index contributed by atoms with van der Waals surface area (Å²) in [5, 5.41) is 5.70. The molecule has 0 saturated heterocycles. The number of fused-ring (bicyclic) bond motifs is 1. The summed E-state index contributed by atoms with van der Waals surface area (Å²) in [6, 6.07) is 5.90. The molecule has 0 spiro atoms. The summed E-state index contributed by atoms with van der Waals surface area (Å²) in [6.07, 6.45) is 0. The van der Waals surface area contributed by atoms with Gasteiger partial charge >= 0.3 is 0 Å². The molecule has 0 aliphatic carbocycles. The van der Waals surface area contributed by atoms with Crippen LogP contribution < -0.4 is 10.6 Å². The molecule has 1 heterocycles. The van der Waals surface area contributed by atoms with Crippen LogP contribution in [-0.4, -0.2) is 17.1 Å². The molecule has 19 heavy (non-hydrogen) atoms. The number of carbonyl (C=O) groups is 2. The second-order valence-electron chi connectivity index (χ2n) is 4.95. The molecule has 5 heteroatoms. The minimum atomic E-state index is -0.0565. The highest BCUT2D eigenvalue weighted by atomic mass is 32.2. The third-order valence-electron chi connectivity index (χ3n) is 2.97. The van der Waals surface area contributed by atoms with Crippen molar-refractivity contribution in [2.24, 2.45) is 5.92 Å². The van der Waals surface area contributed by atoms with Crippen LogP contribution in [0, 0.1) is 5.92 Å². The van der Waals surface area contributed by atoms with Crippen LogP contribution in [0.4, 0.5) is 5.69 Å². The van der Waals surface area contributed by atoms with Gasteiger partial charge in [-0.1, -0.05) is 19.9 Å². The van der Waals surface area contributed by atoms with Crippen molar-refractivity contribution >= 4 is 29.3 Å². The fraction of sp³-hybridized carbons (Fsp3) is 0.429. The zero-order chi connectivity index (χ0) is 14.0. The lowest BCUT2D eigenvalue weighted by molar-refractivity contribution is -0.124. The SMILES string of the molecule is CC(C)C(=O)NCc1ccc2c(c1)NC(=O)C(C)S2. The van der Waals surface area contributed by atoms with E-state index in [2.05, 4.69) is 10.6 Å². The van der Waals surface area contributed by atoms with Gasteiger partial charge < -0.3 is 10.6 Å². The summed E-state index contributed by atoms with van der Waals surface area (Å²) >= 11 is 1.56. The Hall–Kier alpha value is -1.49. The molecule has 1 aromatic carbocycles. The number of anilines is 1. The lowest BCUT2D eigenvalue weighted by Gasteiger charge is -2.22. The Bertz CT molecular complexity index is 514. The van der Waals surface area contributed by atoms with Gasteiger partial charge in [-0.3, -0.25) is 9.59 Å². The molecule has 0 bridgehead atoms. The van der Waals surface area contributed by atoms with E-state index < -0.39 is 0 Å². The summed E-state index contributed by atoms with van der Waals surface area (Å²) in [6.45, 7) is 6.10. The molecular formula is C14H18N2O2S. The zero-order valence-electron chi connectivity index (χ0n) is 11.3. The molecule has 0 aromatic heterocycles. The van der Waals surface area contributed by atoms with Crippen molar-refractivity contribution in [1.29, 1.82) is 0 Å². The Balaban J connectivity index is 2.07. The van der Waals surface area contributed by atoms with Crippen LogP contribution in [0.15, 0.2) is 23.1 Å². The Morgan fingerprint density at radius 1 is 1.47 bits per heavy atom. The number of hydrogen-bond acceptors (Lipinski definition) is 3. The van der Waals surface area contributed by atoms with Gasteiger partial charge in [0.1, 0.15) is 0 Å². The molecule has 1 unspecified atom stereocenters. The highest BCUT2D eigenvalue weighted by Gasteiger charge is 2.22. The molecule has 0 radical (unpaired) electrons. The minimum absolute atomic E-state index is 0.0197. The van der Waals surface area contributed by atoms with Crippen molar-refractivity contribution < 1.29 is 9.59 Å². The largest absolute Gasteiger partial charge is 0.352 e. The van der Waals surface area contributed by atoms with Gasteiger partial charge in [0.2, 0.25) is 11.8 Å². The van der Waals surface area contributed by atoms with Crippen molar-refractivity contribution in [3.05, 3.63) is 23.8 Å². The van der Waals surface area contributed by atoms with Crippen LogP contribution in [0.3, 0.4) is 0 Å². The van der Waals surface area contributed by atoms with E-state index in [1.54, 1.807) is 11.8 Å². The molecule has 102 valence electrons. The predicted molar refractivity (Wildman–Crippen MR) is 77.1 cm³/mol. The Kier molecular flexibility index (Phi) is 4.14. The van der Waals surface area contributed by atoms with E-state index in [4.69, 9.17) is 0 Å². The summed E-state index contributed by atoms with van der Waals surface area (Å²) in [7, 11) is 0. The smallest absolute Gasteiger partial charge is 0.237 e. The Morgan fingerprint density at radius 3 is 2.89 bits per heavy atom. The summed E-state index contributed by atoms with van der Waals surface area (Å²) in [5.74, 6) is 0.0411. The maximum atomic E-state index is 11.6. The van der Waals surface area contributed by atoms with E-state index >= 15 is 0 Å². The van der Waals surface area contributed by atoms with Crippen LogP contribution in [0.1, 0.15) is 26.3 Å². The normalized spacial score (nSPS) is 17.9. The minimum Gasteiger partial charge on any atom is -0.352 e. The number of nitrogens with one attached hydrogen (secondary N) is 2. The average molecular weight is 278 g/mol. The summed E-state index contributed by atoms with van der Waals surface area (Å²) in [5.41, 5.74) is 1.83. The van der Waals surface area contributed by atoms with Crippen molar-refractivity contribution in [3.8, 4) is 0 Å². The van der Waals surface area contributed by atoms with Crippen LogP contribution in [-0.2, 0) is 16.1 Å². The van der Waals surface area contributed by atoms with Gasteiger partial charge in [0.15, 0.2) is 0 Å². The fourth-order valence-electron chi connectivity index (χ4n) is 1.76. The lowest BCUT2D eigenvalue weighted by atomic mass is 10.1. The standard InChI is InChI=1S/C14H18N2O2S/c1-8(2)13(17)15-7-10-4-5-12-11(6-10)16-14(18)9(3)19-12/h4-6,8-9H,7H2,1-3H3,(H,15,17)(H,16,18). The van der Waals surface area contributed by atoms with Crippen LogP contribution in [0.2, 0.25) is 0 Å². The highest BCUT2D eigenvalue weighted by molar-refractivity contribution is 8.00. The summed E-state index contributed by atoms with van der Waals surface area (Å²) < 4.78 is 0. The number of amides is 2. The third kappa shape index (κ3) is 3.29. The van der Waals surface area contributed by atoms with E-state index in [1.807, 2.05) is 39.0 Å². The van der Waals surface area contributed by atoms with Gasteiger partial charge in [-0.25, -0.2) is 0 Å². The number of rotatable bonds is 3. The number of benzene rings is 1. The van der Waals surface area contributed by atoms with Gasteiger partial charge in [-0.2, -0.15) is 0 Å². The second-order valence-corrected chi connectivity index (χ2v) is 6.33. The van der Waals surface area contributed by atoms with Gasteiger partial charge in [-0.05, 0) is 24.6 Å². The average Bonchev–Trinajstić information content (AvgIpc) is 2.37. The first-order chi connectivity index (χ1) is 8.97. The number of carbonyl (C=O) groups excluding carboxylic acids is 2. The zero-order valence-corrected chi connectivity index (χ0v) is 12.1. The topological polar surface area (TPSA) is 58.2 Å². The maximum absolute atomic E-state index is 11.6. The van der Waals surface area contributed by atoms with Crippen molar-refractivity contribution in [1.82, 2.24) is 5.32 Å². The number of hydrogen-bond donors (Lipinski definition) is 2. The molecular weight excluding hydrogens is 260 g/mol. The molecule has 1 aliphatic rings. The number of thioether (sulfide) groups is 1. The van der Waals surface area contributed by atoms with Gasteiger partial charge in [-0.15, -0.1) is 11.8 Å². The monoisotopic (exact) mass is 278 g/mol. The third-order valence-corrected chi connectivity index (χ3v) is 4.14. The van der Waals surface area contributed by atoms with Gasteiger partial charge in [0.25, 0.3) is 0 Å². The quantitative estimate of drug-likeness (QED) is 0.892. The molecule has 1 aromatic rings. The lowest BCUT2D eigenvalue weighted by Crippen LogP contribution is -2.28. The highest BCUT2D eigenvalue weighted by Crippen LogP contribution is 2.35. The Morgan fingerprint density at radius 2 is 2.21 bits per heavy atom. The molecule has 0 saturated carbocycles. The molecule has 1 atom stereocenters. The van der Waals surface area contributed by atoms with E-state index in [0.717, 1.165) is 16.1 Å². The first-order valence-corrected chi connectivity index (χ1v) is 7.23. The molecule has 2 N–H and O–H groups in total. The first-order valence-electron chi connectivity index (χ1n) is 6.35. The van der Waals surface area contributed by atoms with E-state index in [1.165, 1.54) is 0 Å². The molecule has 1 aliphatic heterocycles. The van der Waals surface area contributed by atoms with Crippen molar-refractivity contribution in [3.63, 3.8) is 0 Å². The van der Waals surface area contributed by atoms with Crippen LogP contribution >= 0.6 is 11.8 Å². The van der Waals surface area contributed by atoms with E-state index in [-0.39, 0.29) is 23.0 Å². The van der Waals surface area contributed by atoms with Gasteiger partial charge in [0, 0.05) is 17.4 Å². The maximum Gasteiger partial charge on any atom is 0.237 e. The van der Waals surface area contributed by atoms with Crippen LogP contribution in [0.25, 0.3) is 0 Å². The van der Waals surface area contributed by atoms with E-state index in [9.17, 15) is 9.59 Å². The molecule has 2 rings (SSSR count). The van der Waals surface area contributed by atoms with Crippen LogP contribution in [0.5, 0.6) is 0 Å². The summed E-state index contributed by atoms with van der Waals surface area (Å²) in [4.78, 5) is 24.2. The molecule has 4 nitrogen and oxygen atoms in total. The predicted octanol–water partition coefficient (Wildman–Crippen LogP) is 2.39. The fourth-order valence-corrected chi connectivity index (χ4v) is 2.69. The van der Waals surface area contributed by atoms with Gasteiger partial charge in [0.05, 0.1) is 10.9 Å². The second kappa shape index (κ2) is 5.65. The van der Waals surface area contributed by atoms with Crippen molar-refractivity contribution in [2.75, 3.05) is 5.32 Å². The van der Waals surface area contributed by atoms with E-state index in [0.29, 0.717) is 6.54 Å². The molecule has 2 amide bonds. The Labute approximate surface area is 117 Å². The first kappa shape index (κ1) is 13.9. The molecule has 0 fully saturated rings. The van der Waals surface area contributed by atoms with Crippen molar-refractivity contribution in [2.45, 2.75) is 37.5 Å².